The van der Waals surface area contributed by atoms with Gasteiger partial charge in [-0.15, -0.1) is 11.3 Å². The molecule has 0 bridgehead atoms. The van der Waals surface area contributed by atoms with Gasteiger partial charge in [-0.25, -0.2) is 4.98 Å². The van der Waals surface area contributed by atoms with Crippen LogP contribution in [0.5, 0.6) is 11.5 Å². The van der Waals surface area contributed by atoms with Gasteiger partial charge in [0.15, 0.2) is 16.5 Å². The van der Waals surface area contributed by atoms with Crippen LogP contribution in [0.4, 0.5) is 5.69 Å². The minimum absolute atomic E-state index is 0.112. The van der Waals surface area contributed by atoms with E-state index >= 15 is 0 Å². The number of nitrogens with one attached hydrogen (secondary N) is 1. The Hall–Kier alpha value is -3.03. The fraction of sp³-hybridized carbons (Fsp3) is 0.143. The zero-order valence-electron chi connectivity index (χ0n) is 15.2. The van der Waals surface area contributed by atoms with Crippen molar-refractivity contribution in [3.05, 3.63) is 64.8 Å². The molecule has 3 heterocycles. The highest BCUT2D eigenvalue weighted by molar-refractivity contribution is 7.15. The molecule has 0 spiro atoms. The van der Waals surface area contributed by atoms with Crippen LogP contribution in [0.25, 0.3) is 16.2 Å². The Morgan fingerprint density at radius 1 is 1.17 bits per heavy atom. The summed E-state index contributed by atoms with van der Waals surface area (Å²) in [4.78, 5) is 18.1. The Bertz CT molecular complexity index is 1220. The van der Waals surface area contributed by atoms with Gasteiger partial charge in [0.1, 0.15) is 13.2 Å². The molecular formula is C21H16ClN3O3S. The average molecular weight is 426 g/mol. The predicted molar refractivity (Wildman–Crippen MR) is 113 cm³/mol. The Labute approximate surface area is 175 Å². The number of ether oxygens (including phenoxy) is 2. The molecule has 6 nitrogen and oxygen atoms in total. The van der Waals surface area contributed by atoms with E-state index in [1.165, 1.54) is 11.3 Å². The molecule has 0 unspecified atom stereocenters. The van der Waals surface area contributed by atoms with Crippen molar-refractivity contribution >= 4 is 39.5 Å². The highest BCUT2D eigenvalue weighted by atomic mass is 35.5. The maximum Gasteiger partial charge on any atom is 0.230 e. The van der Waals surface area contributed by atoms with Crippen LogP contribution in [0.1, 0.15) is 5.69 Å². The number of carbonyl (C=O) groups excluding carboxylic acids is 1. The molecule has 2 aromatic carbocycles. The number of hydrogen-bond donors (Lipinski definition) is 1. The van der Waals surface area contributed by atoms with Crippen molar-refractivity contribution in [2.75, 3.05) is 18.5 Å². The summed E-state index contributed by atoms with van der Waals surface area (Å²) in [6.07, 6.45) is 2.17. The average Bonchev–Trinajstić information content (AvgIpc) is 3.30. The highest BCUT2D eigenvalue weighted by Gasteiger charge is 2.15. The Morgan fingerprint density at radius 2 is 2.03 bits per heavy atom. The third kappa shape index (κ3) is 3.66. The standard InChI is InChI=1S/C21H16ClN3O3S/c22-14-3-1-2-13(8-14)17-11-25-16(12-29-21(25)24-17)10-20(26)23-15-4-5-18-19(9-15)28-7-6-27-18/h1-5,8-9,11-12H,6-7,10H2,(H,23,26). The Kier molecular flexibility index (Phi) is 4.61. The first-order valence-electron chi connectivity index (χ1n) is 9.07. The molecule has 8 heteroatoms. The van der Waals surface area contributed by atoms with E-state index in [0.29, 0.717) is 35.4 Å². The molecule has 1 N–H and O–H groups in total. The molecule has 4 aromatic rings. The lowest BCUT2D eigenvalue weighted by atomic mass is 10.2. The summed E-state index contributed by atoms with van der Waals surface area (Å²) in [7, 11) is 0. The van der Waals surface area contributed by atoms with Gasteiger partial charge >= 0.3 is 0 Å². The first-order valence-corrected chi connectivity index (χ1v) is 10.3. The van der Waals surface area contributed by atoms with Crippen molar-refractivity contribution in [3.63, 3.8) is 0 Å². The summed E-state index contributed by atoms with van der Waals surface area (Å²) < 4.78 is 13.0. The second-order valence-corrected chi connectivity index (χ2v) is 7.87. The van der Waals surface area contributed by atoms with E-state index in [-0.39, 0.29) is 12.3 Å². The van der Waals surface area contributed by atoms with Gasteiger partial charge in [-0.2, -0.15) is 0 Å². The minimum Gasteiger partial charge on any atom is -0.486 e. The molecule has 0 atom stereocenters. The van der Waals surface area contributed by atoms with Crippen LogP contribution in [-0.4, -0.2) is 28.5 Å². The maximum absolute atomic E-state index is 12.6. The van der Waals surface area contributed by atoms with Crippen LogP contribution in [0.2, 0.25) is 5.02 Å². The van der Waals surface area contributed by atoms with Crippen molar-refractivity contribution in [3.8, 4) is 22.8 Å². The van der Waals surface area contributed by atoms with E-state index in [4.69, 9.17) is 21.1 Å². The van der Waals surface area contributed by atoms with Gasteiger partial charge in [0.2, 0.25) is 5.91 Å². The number of carbonyl (C=O) groups is 1. The summed E-state index contributed by atoms with van der Waals surface area (Å²) in [5, 5.41) is 5.54. The van der Waals surface area contributed by atoms with Crippen LogP contribution < -0.4 is 14.8 Å². The van der Waals surface area contributed by atoms with Gasteiger partial charge in [-0.3, -0.25) is 9.20 Å². The summed E-state index contributed by atoms with van der Waals surface area (Å²) in [6.45, 7) is 1.04. The molecule has 0 radical (unpaired) electrons. The molecular weight excluding hydrogens is 410 g/mol. The molecule has 2 aromatic heterocycles. The third-order valence-corrected chi connectivity index (χ3v) is 5.70. The number of thiazole rings is 1. The Morgan fingerprint density at radius 3 is 2.90 bits per heavy atom. The molecule has 0 saturated heterocycles. The highest BCUT2D eigenvalue weighted by Crippen LogP contribution is 2.32. The monoisotopic (exact) mass is 425 g/mol. The van der Waals surface area contributed by atoms with Crippen molar-refractivity contribution in [2.45, 2.75) is 6.42 Å². The minimum atomic E-state index is -0.112. The lowest BCUT2D eigenvalue weighted by Crippen LogP contribution is -2.17. The molecule has 0 aliphatic carbocycles. The zero-order chi connectivity index (χ0) is 19.8. The number of amides is 1. The van der Waals surface area contributed by atoms with Crippen molar-refractivity contribution in [2.24, 2.45) is 0 Å². The van der Waals surface area contributed by atoms with E-state index in [2.05, 4.69) is 10.3 Å². The van der Waals surface area contributed by atoms with Gasteiger partial charge in [0, 0.05) is 39.6 Å². The summed E-state index contributed by atoms with van der Waals surface area (Å²) in [5.74, 6) is 1.23. The number of benzene rings is 2. The number of anilines is 1. The predicted octanol–water partition coefficient (Wildman–Crippen LogP) is 4.67. The molecule has 0 fully saturated rings. The largest absolute Gasteiger partial charge is 0.486 e. The van der Waals surface area contributed by atoms with Gasteiger partial charge in [0.05, 0.1) is 12.1 Å². The van der Waals surface area contributed by atoms with E-state index in [1.54, 1.807) is 12.1 Å². The van der Waals surface area contributed by atoms with Crippen molar-refractivity contribution in [1.29, 1.82) is 0 Å². The molecule has 1 aliphatic rings. The zero-order valence-corrected chi connectivity index (χ0v) is 16.8. The number of aromatic nitrogens is 2. The van der Waals surface area contributed by atoms with Crippen LogP contribution in [0.3, 0.4) is 0 Å². The molecule has 29 heavy (non-hydrogen) atoms. The van der Waals surface area contributed by atoms with Crippen LogP contribution in [0, 0.1) is 0 Å². The molecule has 5 rings (SSSR count). The second kappa shape index (κ2) is 7.42. The van der Waals surface area contributed by atoms with Crippen LogP contribution >= 0.6 is 22.9 Å². The topological polar surface area (TPSA) is 64.9 Å². The number of rotatable bonds is 4. The quantitative estimate of drug-likeness (QED) is 0.516. The van der Waals surface area contributed by atoms with Crippen LogP contribution in [-0.2, 0) is 11.2 Å². The molecule has 1 amide bonds. The maximum atomic E-state index is 12.6. The second-order valence-electron chi connectivity index (χ2n) is 6.60. The first kappa shape index (κ1) is 18.0. The van der Waals surface area contributed by atoms with Crippen molar-refractivity contribution in [1.82, 2.24) is 9.38 Å². The summed E-state index contributed by atoms with van der Waals surface area (Å²) in [6, 6.07) is 13.0. The lowest BCUT2D eigenvalue weighted by Gasteiger charge is -2.19. The van der Waals surface area contributed by atoms with Gasteiger partial charge < -0.3 is 14.8 Å². The SMILES string of the molecule is O=C(Cc1csc2nc(-c3cccc(Cl)c3)cn12)Nc1ccc2c(c1)OCCO2. The van der Waals surface area contributed by atoms with E-state index in [9.17, 15) is 4.79 Å². The molecule has 0 saturated carbocycles. The molecule has 146 valence electrons. The normalized spacial score (nSPS) is 12.9. The fourth-order valence-corrected chi connectivity index (χ4v) is 4.30. The summed E-state index contributed by atoms with van der Waals surface area (Å²) >= 11 is 7.59. The van der Waals surface area contributed by atoms with Crippen LogP contribution in [0.15, 0.2) is 54.0 Å². The third-order valence-electron chi connectivity index (χ3n) is 4.57. The smallest absolute Gasteiger partial charge is 0.230 e. The lowest BCUT2D eigenvalue weighted by molar-refractivity contribution is -0.115. The van der Waals surface area contributed by atoms with E-state index < -0.39 is 0 Å². The molecule has 1 aliphatic heterocycles. The van der Waals surface area contributed by atoms with Gasteiger partial charge in [0.25, 0.3) is 0 Å². The number of hydrogen-bond acceptors (Lipinski definition) is 5. The van der Waals surface area contributed by atoms with E-state index in [0.717, 1.165) is 21.9 Å². The first-order chi connectivity index (χ1) is 14.2. The number of imidazole rings is 1. The number of halogens is 1. The van der Waals surface area contributed by atoms with Gasteiger partial charge in [-0.05, 0) is 24.3 Å². The Balaban J connectivity index is 1.34. The van der Waals surface area contributed by atoms with Crippen molar-refractivity contribution < 1.29 is 14.3 Å². The summed E-state index contributed by atoms with van der Waals surface area (Å²) in [5.41, 5.74) is 3.32. The van der Waals surface area contributed by atoms with Gasteiger partial charge in [-0.1, -0.05) is 23.7 Å². The van der Waals surface area contributed by atoms with E-state index in [1.807, 2.05) is 46.3 Å². The fourth-order valence-electron chi connectivity index (χ4n) is 3.23. The number of nitrogens with zero attached hydrogens (tertiary/aromatic N) is 2. The number of fused-ring (bicyclic) bond motifs is 2.